The maximum Gasteiger partial charge on any atom is 0.0558 e. The molecular weight excluding hydrogens is 178 g/mol. The molecule has 0 unspecified atom stereocenters. The van der Waals surface area contributed by atoms with Crippen molar-refractivity contribution >= 4 is 0 Å². The second kappa shape index (κ2) is 7.21. The summed E-state index contributed by atoms with van der Waals surface area (Å²) in [6.45, 7) is 2.49. The first kappa shape index (κ1) is 12.0. The Morgan fingerprint density at radius 1 is 0.929 bits per heavy atom. The predicted octanol–water partition coefficient (Wildman–Crippen LogP) is 0.996. The molecule has 1 aliphatic rings. The lowest BCUT2D eigenvalue weighted by Gasteiger charge is -2.37. The fraction of sp³-hybridized carbons (Fsp3) is 1.00. The molecule has 0 aliphatic heterocycles. The largest absolute Gasteiger partial charge is 0.396 e. The maximum absolute atomic E-state index is 8.93. The van der Waals surface area contributed by atoms with E-state index < -0.39 is 0 Å². The van der Waals surface area contributed by atoms with E-state index >= 15 is 0 Å². The van der Waals surface area contributed by atoms with Crippen LogP contribution in [0.3, 0.4) is 0 Å². The van der Waals surface area contributed by atoms with Gasteiger partial charge >= 0.3 is 0 Å². The van der Waals surface area contributed by atoms with Crippen molar-refractivity contribution in [2.45, 2.75) is 44.6 Å². The van der Waals surface area contributed by atoms with Gasteiger partial charge in [-0.15, -0.1) is 0 Å². The molecule has 14 heavy (non-hydrogen) atoms. The highest BCUT2D eigenvalue weighted by atomic mass is 16.3. The van der Waals surface area contributed by atoms with Gasteiger partial charge in [-0.2, -0.15) is 0 Å². The van der Waals surface area contributed by atoms with Crippen molar-refractivity contribution in [3.63, 3.8) is 0 Å². The third-order valence-electron chi connectivity index (χ3n) is 3.08. The lowest BCUT2D eigenvalue weighted by Crippen LogP contribution is -2.42. The molecule has 0 aromatic rings. The lowest BCUT2D eigenvalue weighted by molar-refractivity contribution is 0.0989. The van der Waals surface area contributed by atoms with Gasteiger partial charge in [-0.1, -0.05) is 6.42 Å². The zero-order valence-corrected chi connectivity index (χ0v) is 8.99. The maximum atomic E-state index is 8.93. The van der Waals surface area contributed by atoms with E-state index in [1.807, 2.05) is 0 Å². The Labute approximate surface area is 86.7 Å². The van der Waals surface area contributed by atoms with Gasteiger partial charge in [0, 0.05) is 19.2 Å². The minimum atomic E-state index is 0.274. The fourth-order valence-corrected chi connectivity index (χ4v) is 1.96. The number of hydrogen-bond donors (Lipinski definition) is 2. The number of rotatable bonds is 8. The van der Waals surface area contributed by atoms with Crippen LogP contribution in [0.15, 0.2) is 0 Å². The summed E-state index contributed by atoms with van der Waals surface area (Å²) in [5.41, 5.74) is 0. The number of hydrogen-bond acceptors (Lipinski definition) is 3. The van der Waals surface area contributed by atoms with Crippen LogP contribution in [0.25, 0.3) is 0 Å². The lowest BCUT2D eigenvalue weighted by atomic mass is 9.91. The molecule has 0 saturated heterocycles. The van der Waals surface area contributed by atoms with Crippen molar-refractivity contribution in [1.82, 2.24) is 4.90 Å². The van der Waals surface area contributed by atoms with Crippen molar-refractivity contribution in [2.24, 2.45) is 0 Å². The summed E-state index contributed by atoms with van der Waals surface area (Å²) in [6.07, 6.45) is 7.13. The molecular formula is C11H23NO2. The Bertz CT molecular complexity index is 137. The van der Waals surface area contributed by atoms with Crippen molar-refractivity contribution in [1.29, 1.82) is 0 Å². The van der Waals surface area contributed by atoms with E-state index in [1.165, 1.54) is 19.3 Å². The molecule has 1 fully saturated rings. The number of aliphatic hydroxyl groups excluding tert-OH is 2. The summed E-state index contributed by atoms with van der Waals surface area (Å²) in [5, 5.41) is 17.6. The molecule has 0 heterocycles. The molecule has 0 aromatic heterocycles. The Morgan fingerprint density at radius 2 is 1.71 bits per heavy atom. The van der Waals surface area contributed by atoms with Gasteiger partial charge in [0.1, 0.15) is 0 Å². The minimum Gasteiger partial charge on any atom is -0.396 e. The fourth-order valence-electron chi connectivity index (χ4n) is 1.96. The monoisotopic (exact) mass is 201 g/mol. The molecule has 1 rings (SSSR count). The Hall–Kier alpha value is -0.120. The third-order valence-corrected chi connectivity index (χ3v) is 3.08. The van der Waals surface area contributed by atoms with Gasteiger partial charge in [-0.05, 0) is 38.6 Å². The summed E-state index contributed by atoms with van der Waals surface area (Å²) >= 11 is 0. The van der Waals surface area contributed by atoms with Gasteiger partial charge in [0.25, 0.3) is 0 Å². The molecule has 1 aliphatic carbocycles. The van der Waals surface area contributed by atoms with Crippen LogP contribution in [0.4, 0.5) is 0 Å². The molecule has 0 bridgehead atoms. The number of aliphatic hydroxyl groups is 2. The molecule has 1 saturated carbocycles. The van der Waals surface area contributed by atoms with Crippen molar-refractivity contribution in [3.05, 3.63) is 0 Å². The summed E-state index contributed by atoms with van der Waals surface area (Å²) in [6, 6.07) is 0.733. The van der Waals surface area contributed by atoms with E-state index in [0.717, 1.165) is 38.4 Å². The highest BCUT2D eigenvalue weighted by molar-refractivity contribution is 4.79. The standard InChI is InChI=1S/C11H23NO2/c13-9-3-1-2-7-12(8-10-14)11-5-4-6-11/h11,13-14H,1-10H2. The van der Waals surface area contributed by atoms with E-state index in [4.69, 9.17) is 10.2 Å². The van der Waals surface area contributed by atoms with Crippen LogP contribution in [-0.2, 0) is 0 Å². The molecule has 2 N–H and O–H groups in total. The molecule has 0 radical (unpaired) electrons. The van der Waals surface area contributed by atoms with E-state index in [1.54, 1.807) is 0 Å². The minimum absolute atomic E-state index is 0.274. The van der Waals surface area contributed by atoms with E-state index in [-0.39, 0.29) is 6.61 Å². The molecule has 3 nitrogen and oxygen atoms in total. The van der Waals surface area contributed by atoms with Crippen molar-refractivity contribution < 1.29 is 10.2 Å². The van der Waals surface area contributed by atoms with Gasteiger partial charge < -0.3 is 10.2 Å². The Balaban J connectivity index is 2.08. The molecule has 3 heteroatoms. The van der Waals surface area contributed by atoms with Crippen LogP contribution in [0.2, 0.25) is 0 Å². The van der Waals surface area contributed by atoms with Gasteiger partial charge in [0.2, 0.25) is 0 Å². The average Bonchev–Trinajstić information content (AvgIpc) is 2.10. The summed E-state index contributed by atoms with van der Waals surface area (Å²) in [7, 11) is 0. The second-order valence-corrected chi connectivity index (χ2v) is 4.13. The summed E-state index contributed by atoms with van der Waals surface area (Å²) in [4.78, 5) is 2.40. The van der Waals surface area contributed by atoms with E-state index in [0.29, 0.717) is 6.61 Å². The van der Waals surface area contributed by atoms with Crippen LogP contribution >= 0.6 is 0 Å². The topological polar surface area (TPSA) is 43.7 Å². The Kier molecular flexibility index (Phi) is 6.15. The molecule has 0 amide bonds. The summed E-state index contributed by atoms with van der Waals surface area (Å²) < 4.78 is 0. The SMILES string of the molecule is OCCCCCN(CCO)C1CCC1. The average molecular weight is 201 g/mol. The summed E-state index contributed by atoms with van der Waals surface area (Å²) in [5.74, 6) is 0. The van der Waals surface area contributed by atoms with Gasteiger partial charge in [-0.3, -0.25) is 4.90 Å². The molecule has 0 atom stereocenters. The second-order valence-electron chi connectivity index (χ2n) is 4.13. The molecule has 84 valence electrons. The Morgan fingerprint density at radius 3 is 2.21 bits per heavy atom. The first-order chi connectivity index (χ1) is 6.88. The quantitative estimate of drug-likeness (QED) is 0.576. The van der Waals surface area contributed by atoms with Crippen molar-refractivity contribution in [2.75, 3.05) is 26.3 Å². The first-order valence-corrected chi connectivity index (χ1v) is 5.84. The smallest absolute Gasteiger partial charge is 0.0558 e. The van der Waals surface area contributed by atoms with E-state index in [2.05, 4.69) is 4.90 Å². The molecule has 0 aromatic carbocycles. The van der Waals surface area contributed by atoms with Gasteiger partial charge in [0.05, 0.1) is 6.61 Å². The normalized spacial score (nSPS) is 17.4. The number of nitrogens with zero attached hydrogens (tertiary/aromatic N) is 1. The number of unbranched alkanes of at least 4 members (excludes halogenated alkanes) is 2. The highest BCUT2D eigenvalue weighted by Crippen LogP contribution is 2.24. The third kappa shape index (κ3) is 3.95. The predicted molar refractivity (Wildman–Crippen MR) is 57.2 cm³/mol. The highest BCUT2D eigenvalue weighted by Gasteiger charge is 2.23. The van der Waals surface area contributed by atoms with Crippen LogP contribution in [0.1, 0.15) is 38.5 Å². The van der Waals surface area contributed by atoms with Crippen LogP contribution in [-0.4, -0.2) is 47.5 Å². The van der Waals surface area contributed by atoms with Gasteiger partial charge in [-0.25, -0.2) is 0 Å². The van der Waals surface area contributed by atoms with Crippen LogP contribution in [0.5, 0.6) is 0 Å². The van der Waals surface area contributed by atoms with Crippen LogP contribution < -0.4 is 0 Å². The molecule has 0 spiro atoms. The van der Waals surface area contributed by atoms with E-state index in [9.17, 15) is 0 Å². The van der Waals surface area contributed by atoms with Crippen molar-refractivity contribution in [3.8, 4) is 0 Å². The zero-order chi connectivity index (χ0) is 10.2. The van der Waals surface area contributed by atoms with Crippen LogP contribution in [0, 0.1) is 0 Å². The first-order valence-electron chi connectivity index (χ1n) is 5.84. The zero-order valence-electron chi connectivity index (χ0n) is 8.99. The van der Waals surface area contributed by atoms with Gasteiger partial charge in [0.15, 0.2) is 0 Å².